The largest absolute Gasteiger partial charge is 0.492 e. The van der Waals surface area contributed by atoms with E-state index in [0.717, 1.165) is 39.0 Å². The van der Waals surface area contributed by atoms with Crippen molar-refractivity contribution in [2.45, 2.75) is 12.1 Å². The molecule has 0 aliphatic rings. The van der Waals surface area contributed by atoms with E-state index in [4.69, 9.17) is 4.74 Å². The molecule has 1 N–H and O–H groups in total. The Bertz CT molecular complexity index is 959. The predicted octanol–water partition coefficient (Wildman–Crippen LogP) is 3.69. The van der Waals surface area contributed by atoms with Crippen molar-refractivity contribution >= 4 is 28.6 Å². The SMILES string of the molecule is Cc1ccccc1OCCSc1n[nH]c2nc3ccccc3n12. The lowest BCUT2D eigenvalue weighted by molar-refractivity contribution is 0.341. The summed E-state index contributed by atoms with van der Waals surface area (Å²) in [7, 11) is 0. The van der Waals surface area contributed by atoms with Crippen LogP contribution in [0.15, 0.2) is 53.7 Å². The van der Waals surface area contributed by atoms with Crippen LogP contribution in [0.1, 0.15) is 5.56 Å². The molecule has 0 saturated heterocycles. The zero-order chi connectivity index (χ0) is 15.6. The van der Waals surface area contributed by atoms with Crippen LogP contribution in [0.5, 0.6) is 5.75 Å². The third kappa shape index (κ3) is 2.66. The molecule has 2 aromatic heterocycles. The number of rotatable bonds is 5. The fourth-order valence-corrected chi connectivity index (χ4v) is 3.32. The number of para-hydroxylation sites is 3. The molecule has 0 amide bonds. The molecule has 4 aromatic rings. The summed E-state index contributed by atoms with van der Waals surface area (Å²) < 4.78 is 7.88. The average molecular weight is 324 g/mol. The van der Waals surface area contributed by atoms with E-state index in [9.17, 15) is 0 Å². The van der Waals surface area contributed by atoms with Crippen LogP contribution in [0.3, 0.4) is 0 Å². The molecule has 5 nitrogen and oxygen atoms in total. The number of ether oxygens (including phenoxy) is 1. The Morgan fingerprint density at radius 2 is 1.96 bits per heavy atom. The van der Waals surface area contributed by atoms with Crippen molar-refractivity contribution in [2.75, 3.05) is 12.4 Å². The van der Waals surface area contributed by atoms with Gasteiger partial charge in [0.25, 0.3) is 0 Å². The molecular formula is C17H16N4OS. The Balaban J connectivity index is 1.47. The van der Waals surface area contributed by atoms with Gasteiger partial charge in [-0.25, -0.2) is 10.1 Å². The maximum absolute atomic E-state index is 5.83. The van der Waals surface area contributed by atoms with Gasteiger partial charge in [0.05, 0.1) is 17.6 Å². The fraction of sp³-hybridized carbons (Fsp3) is 0.176. The molecule has 2 heterocycles. The number of imidazole rings is 1. The summed E-state index contributed by atoms with van der Waals surface area (Å²) in [6, 6.07) is 16.1. The molecule has 0 aliphatic heterocycles. The number of thioether (sulfide) groups is 1. The van der Waals surface area contributed by atoms with E-state index in [1.165, 1.54) is 0 Å². The van der Waals surface area contributed by atoms with Gasteiger partial charge in [-0.3, -0.25) is 4.40 Å². The lowest BCUT2D eigenvalue weighted by Gasteiger charge is -2.07. The number of hydrogen-bond donors (Lipinski definition) is 1. The Morgan fingerprint density at radius 1 is 1.13 bits per heavy atom. The van der Waals surface area contributed by atoms with Gasteiger partial charge in [0.15, 0.2) is 5.16 Å². The molecule has 0 saturated carbocycles. The first-order valence-corrected chi connectivity index (χ1v) is 8.44. The van der Waals surface area contributed by atoms with Crippen LogP contribution in [0.25, 0.3) is 16.8 Å². The van der Waals surface area contributed by atoms with E-state index in [2.05, 4.69) is 34.2 Å². The molecule has 0 bridgehead atoms. The van der Waals surface area contributed by atoms with Gasteiger partial charge >= 0.3 is 0 Å². The zero-order valence-corrected chi connectivity index (χ0v) is 13.5. The van der Waals surface area contributed by atoms with Crippen molar-refractivity contribution < 1.29 is 4.74 Å². The van der Waals surface area contributed by atoms with Gasteiger partial charge in [-0.15, -0.1) is 5.10 Å². The molecule has 4 rings (SSSR count). The van der Waals surface area contributed by atoms with Crippen LogP contribution in [0, 0.1) is 6.92 Å². The van der Waals surface area contributed by atoms with Gasteiger partial charge < -0.3 is 4.74 Å². The second-order valence-electron chi connectivity index (χ2n) is 5.23. The normalized spacial score (nSPS) is 11.3. The highest BCUT2D eigenvalue weighted by Gasteiger charge is 2.11. The fourth-order valence-electron chi connectivity index (χ4n) is 2.54. The minimum absolute atomic E-state index is 0.635. The van der Waals surface area contributed by atoms with Gasteiger partial charge in [0, 0.05) is 5.75 Å². The number of fused-ring (bicyclic) bond motifs is 3. The van der Waals surface area contributed by atoms with Gasteiger partial charge in [0.1, 0.15) is 5.75 Å². The molecule has 0 atom stereocenters. The molecule has 6 heteroatoms. The second kappa shape index (κ2) is 5.96. The van der Waals surface area contributed by atoms with E-state index in [1.54, 1.807) is 11.8 Å². The van der Waals surface area contributed by atoms with Gasteiger partial charge in [-0.05, 0) is 30.7 Å². The quantitative estimate of drug-likeness (QED) is 0.449. The van der Waals surface area contributed by atoms with Gasteiger partial charge in [0.2, 0.25) is 5.78 Å². The van der Waals surface area contributed by atoms with Crippen molar-refractivity contribution in [3.05, 3.63) is 54.1 Å². The van der Waals surface area contributed by atoms with Crippen molar-refractivity contribution in [3.8, 4) is 5.75 Å². The molecule has 0 aliphatic carbocycles. The molecule has 0 radical (unpaired) electrons. The number of nitrogens with zero attached hydrogens (tertiary/aromatic N) is 3. The molecule has 0 spiro atoms. The molecule has 0 fully saturated rings. The van der Waals surface area contributed by atoms with Gasteiger partial charge in [-0.1, -0.05) is 42.1 Å². The average Bonchev–Trinajstić information content (AvgIpc) is 3.12. The van der Waals surface area contributed by atoms with Crippen LogP contribution in [-0.4, -0.2) is 31.9 Å². The Labute approximate surface area is 137 Å². The number of aryl methyl sites for hydroxylation is 1. The number of aromatic amines is 1. The summed E-state index contributed by atoms with van der Waals surface area (Å²) in [6.45, 7) is 2.69. The first-order chi connectivity index (χ1) is 11.3. The van der Waals surface area contributed by atoms with Crippen molar-refractivity contribution in [3.63, 3.8) is 0 Å². The summed E-state index contributed by atoms with van der Waals surface area (Å²) in [6.07, 6.45) is 0. The maximum atomic E-state index is 5.83. The molecule has 0 unspecified atom stereocenters. The van der Waals surface area contributed by atoms with Crippen molar-refractivity contribution in [2.24, 2.45) is 0 Å². The monoisotopic (exact) mass is 324 g/mol. The lowest BCUT2D eigenvalue weighted by Crippen LogP contribution is -2.02. The minimum atomic E-state index is 0.635. The van der Waals surface area contributed by atoms with E-state index in [1.807, 2.05) is 40.8 Å². The summed E-state index contributed by atoms with van der Waals surface area (Å²) in [5.41, 5.74) is 3.19. The van der Waals surface area contributed by atoms with E-state index in [-0.39, 0.29) is 0 Å². The number of H-pyrrole nitrogens is 1. The number of aromatic nitrogens is 4. The predicted molar refractivity (Wildman–Crippen MR) is 92.2 cm³/mol. The zero-order valence-electron chi connectivity index (χ0n) is 12.7. The maximum Gasteiger partial charge on any atom is 0.231 e. The summed E-state index contributed by atoms with van der Waals surface area (Å²) in [5, 5.41) is 8.24. The van der Waals surface area contributed by atoms with Crippen LogP contribution >= 0.6 is 11.8 Å². The lowest BCUT2D eigenvalue weighted by atomic mass is 10.2. The molecular weight excluding hydrogens is 308 g/mol. The first kappa shape index (κ1) is 14.1. The van der Waals surface area contributed by atoms with Crippen LogP contribution in [-0.2, 0) is 0 Å². The van der Waals surface area contributed by atoms with Crippen LogP contribution < -0.4 is 4.74 Å². The van der Waals surface area contributed by atoms with E-state index >= 15 is 0 Å². The van der Waals surface area contributed by atoms with Crippen LogP contribution in [0.2, 0.25) is 0 Å². The van der Waals surface area contributed by atoms with Crippen LogP contribution in [0.4, 0.5) is 0 Å². The number of nitrogens with one attached hydrogen (secondary N) is 1. The van der Waals surface area contributed by atoms with Crippen molar-refractivity contribution in [1.82, 2.24) is 19.6 Å². The third-order valence-corrected chi connectivity index (χ3v) is 4.57. The number of benzene rings is 2. The van der Waals surface area contributed by atoms with E-state index in [0.29, 0.717) is 6.61 Å². The minimum Gasteiger partial charge on any atom is -0.492 e. The highest BCUT2D eigenvalue weighted by atomic mass is 32.2. The summed E-state index contributed by atoms with van der Waals surface area (Å²) in [4.78, 5) is 4.52. The molecule has 23 heavy (non-hydrogen) atoms. The standard InChI is InChI=1S/C17H16N4OS/c1-12-6-2-5-9-15(12)22-10-11-23-17-20-19-16-18-13-7-3-4-8-14(13)21(16)17/h2-9H,10-11H2,1H3,(H,18,19). The first-order valence-electron chi connectivity index (χ1n) is 7.46. The summed E-state index contributed by atoms with van der Waals surface area (Å²) in [5.74, 6) is 2.53. The highest BCUT2D eigenvalue weighted by molar-refractivity contribution is 7.99. The Kier molecular flexibility index (Phi) is 3.67. The molecule has 116 valence electrons. The highest BCUT2D eigenvalue weighted by Crippen LogP contribution is 2.23. The number of hydrogen-bond acceptors (Lipinski definition) is 4. The van der Waals surface area contributed by atoms with Crippen molar-refractivity contribution in [1.29, 1.82) is 0 Å². The van der Waals surface area contributed by atoms with Gasteiger partial charge in [-0.2, -0.15) is 0 Å². The Morgan fingerprint density at radius 3 is 2.87 bits per heavy atom. The summed E-state index contributed by atoms with van der Waals surface area (Å²) >= 11 is 1.66. The smallest absolute Gasteiger partial charge is 0.231 e. The molecule has 2 aromatic carbocycles. The second-order valence-corrected chi connectivity index (χ2v) is 6.29. The Hall–Kier alpha value is -2.47. The third-order valence-electron chi connectivity index (χ3n) is 3.67. The topological polar surface area (TPSA) is 55.2 Å². The van der Waals surface area contributed by atoms with E-state index < -0.39 is 0 Å².